The number of amides is 1. The van der Waals surface area contributed by atoms with Crippen LogP contribution in [0.15, 0.2) is 59.3 Å². The van der Waals surface area contributed by atoms with Crippen LogP contribution in [0.5, 0.6) is 0 Å². The maximum atomic E-state index is 12.9. The number of H-pyrrole nitrogens is 1. The lowest BCUT2D eigenvalue weighted by Crippen LogP contribution is -2.35. The van der Waals surface area contributed by atoms with Crippen LogP contribution in [-0.4, -0.2) is 32.3 Å². The number of benzene rings is 2. The Kier molecular flexibility index (Phi) is 4.16. The van der Waals surface area contributed by atoms with Gasteiger partial charge >= 0.3 is 0 Å². The number of hydrogen-bond acceptors (Lipinski definition) is 4. The van der Waals surface area contributed by atoms with E-state index in [1.54, 1.807) is 6.33 Å². The van der Waals surface area contributed by atoms with Gasteiger partial charge in [-0.3, -0.25) is 4.79 Å². The molecule has 28 heavy (non-hydrogen) atoms. The first-order valence-electron chi connectivity index (χ1n) is 9.50. The first-order valence-corrected chi connectivity index (χ1v) is 9.50. The molecule has 1 aliphatic heterocycles. The molecule has 3 heterocycles. The van der Waals surface area contributed by atoms with Crippen molar-refractivity contribution >= 4 is 16.9 Å². The summed E-state index contributed by atoms with van der Waals surface area (Å²) in [7, 11) is 0. The van der Waals surface area contributed by atoms with E-state index in [1.165, 1.54) is 5.56 Å². The highest BCUT2D eigenvalue weighted by atomic mass is 16.4. The molecule has 0 saturated carbocycles. The molecule has 0 spiro atoms. The zero-order chi connectivity index (χ0) is 18.9. The van der Waals surface area contributed by atoms with Crippen LogP contribution in [0.25, 0.3) is 11.0 Å². The van der Waals surface area contributed by atoms with Crippen LogP contribution in [0.1, 0.15) is 33.3 Å². The number of carbonyl (C=O) groups excluding carboxylic acids is 1. The lowest BCUT2D eigenvalue weighted by atomic mass is 10.1. The van der Waals surface area contributed by atoms with Crippen molar-refractivity contribution < 1.29 is 9.21 Å². The third-order valence-electron chi connectivity index (χ3n) is 5.20. The molecule has 5 rings (SSSR count). The van der Waals surface area contributed by atoms with E-state index < -0.39 is 0 Å². The molecular formula is C22H20N4O2. The molecule has 0 bridgehead atoms. The molecule has 0 fully saturated rings. The summed E-state index contributed by atoms with van der Waals surface area (Å²) >= 11 is 0. The van der Waals surface area contributed by atoms with Gasteiger partial charge in [0.2, 0.25) is 0 Å². The summed E-state index contributed by atoms with van der Waals surface area (Å²) in [6, 6.07) is 15.9. The zero-order valence-electron chi connectivity index (χ0n) is 15.4. The number of nitrogens with zero attached hydrogens (tertiary/aromatic N) is 3. The largest absolute Gasteiger partial charge is 0.445 e. The number of aromatic amines is 1. The molecule has 0 saturated heterocycles. The standard InChI is InChI=1S/C22H20N4O2/c27-22(16-7-8-17-18(12-16)24-14-23-17)26-11-10-20-19(13-26)25-21(28-20)9-6-15-4-2-1-3-5-15/h1-5,7-8,12,14H,6,9-11,13H2,(H,23,24). The minimum Gasteiger partial charge on any atom is -0.445 e. The SMILES string of the molecule is O=C(c1ccc2nc[nH]c2c1)N1CCc2oc(CCc3ccccc3)nc2C1. The van der Waals surface area contributed by atoms with Crippen molar-refractivity contribution in [3.8, 4) is 0 Å². The van der Waals surface area contributed by atoms with Crippen LogP contribution in [0, 0.1) is 0 Å². The number of carbonyl (C=O) groups is 1. The maximum absolute atomic E-state index is 12.9. The molecule has 2 aromatic heterocycles. The van der Waals surface area contributed by atoms with Crippen LogP contribution in [0.3, 0.4) is 0 Å². The number of rotatable bonds is 4. The Hall–Kier alpha value is -3.41. The van der Waals surface area contributed by atoms with Gasteiger partial charge in [0.05, 0.1) is 23.9 Å². The molecule has 0 atom stereocenters. The number of hydrogen-bond donors (Lipinski definition) is 1. The van der Waals surface area contributed by atoms with Crippen molar-refractivity contribution in [1.82, 2.24) is 19.9 Å². The lowest BCUT2D eigenvalue weighted by Gasteiger charge is -2.25. The lowest BCUT2D eigenvalue weighted by molar-refractivity contribution is 0.0728. The predicted octanol–water partition coefficient (Wildman–Crippen LogP) is 3.53. The van der Waals surface area contributed by atoms with Gasteiger partial charge in [0.25, 0.3) is 5.91 Å². The Bertz CT molecular complexity index is 1130. The van der Waals surface area contributed by atoms with E-state index in [4.69, 9.17) is 4.42 Å². The average molecular weight is 372 g/mol. The Morgan fingerprint density at radius 1 is 1.14 bits per heavy atom. The second kappa shape index (κ2) is 6.96. The van der Waals surface area contributed by atoms with Crippen LogP contribution in [0.4, 0.5) is 0 Å². The van der Waals surface area contributed by atoms with Crippen molar-refractivity contribution in [3.05, 3.63) is 83.3 Å². The molecule has 0 radical (unpaired) electrons. The molecule has 1 N–H and O–H groups in total. The number of oxazole rings is 1. The van der Waals surface area contributed by atoms with E-state index in [-0.39, 0.29) is 5.91 Å². The zero-order valence-corrected chi connectivity index (χ0v) is 15.4. The highest BCUT2D eigenvalue weighted by Gasteiger charge is 2.26. The van der Waals surface area contributed by atoms with E-state index in [0.717, 1.165) is 41.2 Å². The quantitative estimate of drug-likeness (QED) is 0.595. The van der Waals surface area contributed by atoms with Gasteiger partial charge in [0.1, 0.15) is 11.5 Å². The Labute approximate surface area is 162 Å². The van der Waals surface area contributed by atoms with Crippen molar-refractivity contribution in [2.24, 2.45) is 0 Å². The van der Waals surface area contributed by atoms with E-state index in [9.17, 15) is 4.79 Å². The van der Waals surface area contributed by atoms with E-state index in [0.29, 0.717) is 25.1 Å². The summed E-state index contributed by atoms with van der Waals surface area (Å²) in [5.74, 6) is 1.68. The van der Waals surface area contributed by atoms with E-state index >= 15 is 0 Å². The Morgan fingerprint density at radius 2 is 2.04 bits per heavy atom. The second-order valence-electron chi connectivity index (χ2n) is 7.07. The number of aryl methyl sites for hydroxylation is 2. The molecule has 6 heteroatoms. The fraction of sp³-hybridized carbons (Fsp3) is 0.227. The molecule has 140 valence electrons. The molecule has 1 aliphatic rings. The summed E-state index contributed by atoms with van der Waals surface area (Å²) in [4.78, 5) is 26.7. The molecule has 6 nitrogen and oxygen atoms in total. The number of fused-ring (bicyclic) bond motifs is 2. The number of aromatic nitrogens is 3. The minimum atomic E-state index is 0.0102. The highest BCUT2D eigenvalue weighted by molar-refractivity contribution is 5.97. The molecule has 0 unspecified atom stereocenters. The van der Waals surface area contributed by atoms with Crippen molar-refractivity contribution in [2.45, 2.75) is 25.8 Å². The van der Waals surface area contributed by atoms with Crippen molar-refractivity contribution in [1.29, 1.82) is 0 Å². The van der Waals surface area contributed by atoms with Crippen LogP contribution >= 0.6 is 0 Å². The summed E-state index contributed by atoms with van der Waals surface area (Å²) in [5, 5.41) is 0. The topological polar surface area (TPSA) is 75.0 Å². The van der Waals surface area contributed by atoms with Gasteiger partial charge in [-0.2, -0.15) is 0 Å². The summed E-state index contributed by atoms with van der Waals surface area (Å²) in [6.45, 7) is 1.13. The Morgan fingerprint density at radius 3 is 2.93 bits per heavy atom. The van der Waals surface area contributed by atoms with Crippen molar-refractivity contribution in [3.63, 3.8) is 0 Å². The van der Waals surface area contributed by atoms with Crippen LogP contribution in [-0.2, 0) is 25.8 Å². The number of nitrogens with one attached hydrogen (secondary N) is 1. The minimum absolute atomic E-state index is 0.0102. The molecular weight excluding hydrogens is 352 g/mol. The third kappa shape index (κ3) is 3.17. The molecule has 1 amide bonds. The van der Waals surface area contributed by atoms with Gasteiger partial charge in [-0.25, -0.2) is 9.97 Å². The maximum Gasteiger partial charge on any atom is 0.254 e. The van der Waals surface area contributed by atoms with E-state index in [1.807, 2.05) is 41.3 Å². The van der Waals surface area contributed by atoms with Crippen LogP contribution < -0.4 is 0 Å². The van der Waals surface area contributed by atoms with Gasteiger partial charge in [-0.15, -0.1) is 0 Å². The normalized spacial score (nSPS) is 13.6. The molecule has 0 aliphatic carbocycles. The summed E-state index contributed by atoms with van der Waals surface area (Å²) in [5.41, 5.74) is 4.54. The highest BCUT2D eigenvalue weighted by Crippen LogP contribution is 2.23. The third-order valence-corrected chi connectivity index (χ3v) is 5.20. The van der Waals surface area contributed by atoms with E-state index in [2.05, 4.69) is 27.1 Å². The van der Waals surface area contributed by atoms with Gasteiger partial charge < -0.3 is 14.3 Å². The van der Waals surface area contributed by atoms with Gasteiger partial charge in [0, 0.05) is 24.9 Å². The van der Waals surface area contributed by atoms with Crippen molar-refractivity contribution in [2.75, 3.05) is 6.54 Å². The summed E-state index contributed by atoms with van der Waals surface area (Å²) in [6.07, 6.45) is 4.00. The monoisotopic (exact) mass is 372 g/mol. The van der Waals surface area contributed by atoms with Crippen LogP contribution in [0.2, 0.25) is 0 Å². The number of imidazole rings is 1. The average Bonchev–Trinajstić information content (AvgIpc) is 3.37. The Balaban J connectivity index is 1.29. The second-order valence-corrected chi connectivity index (χ2v) is 7.07. The summed E-state index contributed by atoms with van der Waals surface area (Å²) < 4.78 is 5.95. The first-order chi connectivity index (χ1) is 13.8. The smallest absolute Gasteiger partial charge is 0.254 e. The predicted molar refractivity (Wildman–Crippen MR) is 105 cm³/mol. The first kappa shape index (κ1) is 16.7. The van der Waals surface area contributed by atoms with Gasteiger partial charge in [0.15, 0.2) is 5.89 Å². The molecule has 4 aromatic rings. The fourth-order valence-electron chi connectivity index (χ4n) is 3.68. The van der Waals surface area contributed by atoms with Gasteiger partial charge in [-0.05, 0) is 30.2 Å². The fourth-order valence-corrected chi connectivity index (χ4v) is 3.68. The molecule has 2 aromatic carbocycles. The van der Waals surface area contributed by atoms with Gasteiger partial charge in [-0.1, -0.05) is 30.3 Å².